The summed E-state index contributed by atoms with van der Waals surface area (Å²) in [5.74, 6) is -4.94. The van der Waals surface area contributed by atoms with Crippen LogP contribution < -0.4 is 15.0 Å². The van der Waals surface area contributed by atoms with E-state index in [-0.39, 0.29) is 42.8 Å². The van der Waals surface area contributed by atoms with Crippen LogP contribution in [0.25, 0.3) is 32.9 Å². The summed E-state index contributed by atoms with van der Waals surface area (Å²) in [6.45, 7) is -0.399. The molecule has 306 valence electrons. The van der Waals surface area contributed by atoms with Crippen molar-refractivity contribution in [1.82, 2.24) is 24.8 Å². The molecule has 1 N–H and O–H groups in total. The quantitative estimate of drug-likeness (QED) is 0.112. The van der Waals surface area contributed by atoms with Gasteiger partial charge in [-0.2, -0.15) is 0 Å². The van der Waals surface area contributed by atoms with Crippen molar-refractivity contribution >= 4 is 51.1 Å². The summed E-state index contributed by atoms with van der Waals surface area (Å²) >= 11 is 0. The smallest absolute Gasteiger partial charge is 0.293 e. The van der Waals surface area contributed by atoms with Crippen LogP contribution in [0.4, 0.5) is 14.5 Å². The van der Waals surface area contributed by atoms with Crippen molar-refractivity contribution in [2.75, 3.05) is 44.4 Å². The molecule has 16 heteroatoms. The number of nitrogens with zero attached hydrogens (tertiary/aromatic N) is 5. The topological polar surface area (TPSA) is 154 Å². The molecule has 3 aliphatic heterocycles. The summed E-state index contributed by atoms with van der Waals surface area (Å²) in [7, 11) is 2.06. The number of hydrogen-bond donors (Lipinski definition) is 1. The van der Waals surface area contributed by atoms with E-state index in [2.05, 4.69) is 45.1 Å². The van der Waals surface area contributed by atoms with Crippen LogP contribution in [0.2, 0.25) is 0 Å². The molecule has 3 aromatic heterocycles. The number of piperidine rings is 1. The number of amides is 4. The van der Waals surface area contributed by atoms with E-state index in [4.69, 9.17) is 18.9 Å². The molecule has 0 bridgehead atoms. The predicted molar refractivity (Wildman–Crippen MR) is 210 cm³/mol. The number of aryl methyl sites for hydroxylation is 1. The molecule has 14 nitrogen and oxygen atoms in total. The fraction of sp³-hybridized carbons (Fsp3) is 0.395. The van der Waals surface area contributed by atoms with Gasteiger partial charge in [0.05, 0.1) is 28.9 Å². The third-order valence-electron chi connectivity index (χ3n) is 11.5. The molecule has 5 aromatic rings. The SMILES string of the molecule is Cn1c2ccncc2c2ccc(-c3ccc(OC4CC(OCCCOCC(F)(F)COC5CN(c6ccc7c(c6)C(=O)N(C6CCC(=O)NC6=O)C7=O)C5)C4)nc3)cc21. The zero-order valence-electron chi connectivity index (χ0n) is 32.3. The molecular formula is C43H42F2N6O8. The second-order valence-corrected chi connectivity index (χ2v) is 15.6. The zero-order valence-corrected chi connectivity index (χ0v) is 32.3. The van der Waals surface area contributed by atoms with Crippen LogP contribution in [0, 0.1) is 0 Å². The van der Waals surface area contributed by atoms with Gasteiger partial charge >= 0.3 is 0 Å². The first-order valence-electron chi connectivity index (χ1n) is 19.8. The molecule has 2 saturated heterocycles. The summed E-state index contributed by atoms with van der Waals surface area (Å²) in [5.41, 5.74) is 5.27. The Balaban J connectivity index is 0.641. The number of carbonyl (C=O) groups is 4. The standard InChI is InChI=1S/C43H42F2N6O8/c1-49-35-11-12-46-20-34(35)31-6-3-25(15-37(31)49)26-4-10-39(47-19-26)59-29-17-28(18-29)57-14-2-13-56-23-43(44,45)24-58-30-21-50(22-30)27-5-7-32-33(16-27)42(55)51(41(32)54)36-8-9-38(52)48-40(36)53/h3-7,10-12,15-16,19-20,28-30,36H,2,8-9,13-14,17-18,21-24H2,1H3,(H,48,52,53). The molecule has 6 heterocycles. The number of hydrogen-bond acceptors (Lipinski definition) is 11. The second-order valence-electron chi connectivity index (χ2n) is 15.6. The van der Waals surface area contributed by atoms with Gasteiger partial charge in [-0.25, -0.2) is 13.8 Å². The molecule has 4 amide bonds. The van der Waals surface area contributed by atoms with Crippen LogP contribution in [0.5, 0.6) is 5.88 Å². The molecule has 1 aliphatic carbocycles. The van der Waals surface area contributed by atoms with Crippen molar-refractivity contribution in [3.05, 3.63) is 84.3 Å². The maximum Gasteiger partial charge on any atom is 0.293 e. The Bertz CT molecular complexity index is 2450. The van der Waals surface area contributed by atoms with Crippen molar-refractivity contribution in [3.63, 3.8) is 0 Å². The van der Waals surface area contributed by atoms with Gasteiger partial charge in [0, 0.05) is 105 Å². The van der Waals surface area contributed by atoms with Gasteiger partial charge in [0.25, 0.3) is 17.7 Å². The minimum absolute atomic E-state index is 0.00195. The maximum absolute atomic E-state index is 14.5. The third-order valence-corrected chi connectivity index (χ3v) is 11.5. The number of pyridine rings is 2. The molecule has 0 spiro atoms. The van der Waals surface area contributed by atoms with E-state index in [0.29, 0.717) is 37.7 Å². The van der Waals surface area contributed by atoms with Crippen molar-refractivity contribution in [1.29, 1.82) is 0 Å². The van der Waals surface area contributed by atoms with Crippen LogP contribution in [0.15, 0.2) is 73.2 Å². The normalized spacial score (nSPS) is 20.9. The van der Waals surface area contributed by atoms with Crippen LogP contribution in [0.1, 0.15) is 52.8 Å². The van der Waals surface area contributed by atoms with Crippen LogP contribution in [-0.4, -0.2) is 113 Å². The largest absolute Gasteiger partial charge is 0.474 e. The fourth-order valence-corrected chi connectivity index (χ4v) is 8.10. The maximum atomic E-state index is 14.5. The summed E-state index contributed by atoms with van der Waals surface area (Å²) in [6.07, 6.45) is 7.12. The predicted octanol–water partition coefficient (Wildman–Crippen LogP) is 5.06. The van der Waals surface area contributed by atoms with Crippen molar-refractivity contribution in [3.8, 4) is 17.0 Å². The molecule has 4 aliphatic rings. The van der Waals surface area contributed by atoms with Crippen molar-refractivity contribution in [2.24, 2.45) is 7.05 Å². The fourth-order valence-electron chi connectivity index (χ4n) is 8.10. The lowest BCUT2D eigenvalue weighted by Gasteiger charge is -2.41. The van der Waals surface area contributed by atoms with Gasteiger partial charge < -0.3 is 28.4 Å². The number of nitrogens with one attached hydrogen (secondary N) is 1. The minimum Gasteiger partial charge on any atom is -0.474 e. The Labute approximate surface area is 337 Å². The second kappa shape index (κ2) is 15.7. The summed E-state index contributed by atoms with van der Waals surface area (Å²) < 4.78 is 53.9. The Morgan fingerprint density at radius 2 is 1.63 bits per heavy atom. The number of carbonyl (C=O) groups excluding carboxylic acids is 4. The third kappa shape index (κ3) is 7.75. The van der Waals surface area contributed by atoms with E-state index in [9.17, 15) is 28.0 Å². The van der Waals surface area contributed by atoms with Gasteiger partial charge in [-0.3, -0.25) is 34.4 Å². The monoisotopic (exact) mass is 808 g/mol. The Hall–Kier alpha value is -5.84. The molecule has 0 radical (unpaired) electrons. The Kier molecular flexibility index (Phi) is 10.3. The van der Waals surface area contributed by atoms with Gasteiger partial charge in [-0.15, -0.1) is 0 Å². The van der Waals surface area contributed by atoms with Gasteiger partial charge in [-0.05, 0) is 54.8 Å². The molecule has 1 saturated carbocycles. The lowest BCUT2D eigenvalue weighted by atomic mass is 9.92. The lowest BCUT2D eigenvalue weighted by Crippen LogP contribution is -2.54. The molecule has 1 atom stereocenters. The van der Waals surface area contributed by atoms with Crippen LogP contribution >= 0.6 is 0 Å². The van der Waals surface area contributed by atoms with Gasteiger partial charge in [-0.1, -0.05) is 12.1 Å². The highest BCUT2D eigenvalue weighted by Crippen LogP contribution is 2.34. The highest BCUT2D eigenvalue weighted by molar-refractivity contribution is 6.23. The van der Waals surface area contributed by atoms with Crippen LogP contribution in [0.3, 0.4) is 0 Å². The highest BCUT2D eigenvalue weighted by atomic mass is 19.3. The van der Waals surface area contributed by atoms with E-state index >= 15 is 0 Å². The number of aromatic nitrogens is 3. The zero-order chi connectivity index (χ0) is 40.8. The van der Waals surface area contributed by atoms with E-state index in [1.165, 1.54) is 6.07 Å². The van der Waals surface area contributed by atoms with Crippen molar-refractivity contribution in [2.45, 2.75) is 62.4 Å². The number of imide groups is 2. The summed E-state index contributed by atoms with van der Waals surface area (Å²) in [4.78, 5) is 61.5. The van der Waals surface area contributed by atoms with Crippen molar-refractivity contribution < 1.29 is 46.9 Å². The number of anilines is 1. The van der Waals surface area contributed by atoms with E-state index in [1.54, 1.807) is 18.3 Å². The number of alkyl halides is 2. The first-order valence-corrected chi connectivity index (χ1v) is 19.8. The molecule has 2 aromatic carbocycles. The molecule has 59 heavy (non-hydrogen) atoms. The Morgan fingerprint density at radius 1 is 0.814 bits per heavy atom. The number of benzene rings is 2. The van der Waals surface area contributed by atoms with Gasteiger partial charge in [0.2, 0.25) is 17.7 Å². The van der Waals surface area contributed by atoms with Gasteiger partial charge in [0.1, 0.15) is 25.4 Å². The first-order chi connectivity index (χ1) is 28.5. The number of halogens is 2. The molecule has 3 fully saturated rings. The number of fused-ring (bicyclic) bond motifs is 4. The average Bonchev–Trinajstić information content (AvgIpc) is 3.62. The highest BCUT2D eigenvalue weighted by Gasteiger charge is 2.45. The van der Waals surface area contributed by atoms with Crippen LogP contribution in [-0.2, 0) is 30.8 Å². The Morgan fingerprint density at radius 3 is 2.42 bits per heavy atom. The number of ether oxygens (including phenoxy) is 4. The molecule has 1 unspecified atom stereocenters. The minimum atomic E-state index is -3.17. The van der Waals surface area contributed by atoms with E-state index < -0.39 is 54.9 Å². The summed E-state index contributed by atoms with van der Waals surface area (Å²) in [5, 5.41) is 4.46. The van der Waals surface area contributed by atoms with Gasteiger partial charge in [0.15, 0.2) is 0 Å². The first kappa shape index (κ1) is 38.7. The molecular weight excluding hydrogens is 767 g/mol. The summed E-state index contributed by atoms with van der Waals surface area (Å²) in [6, 6.07) is 16.0. The lowest BCUT2D eigenvalue weighted by molar-refractivity contribution is -0.142. The number of rotatable bonds is 15. The molecule has 9 rings (SSSR count). The van der Waals surface area contributed by atoms with E-state index in [1.807, 2.05) is 35.5 Å². The van der Waals surface area contributed by atoms with E-state index in [0.717, 1.165) is 50.7 Å². The average molecular weight is 809 g/mol.